The number of hydrogen-bond acceptors (Lipinski definition) is 5. The molecule has 0 unspecified atom stereocenters. The van der Waals surface area contributed by atoms with Crippen molar-refractivity contribution in [1.29, 1.82) is 0 Å². The molecule has 5 nitrogen and oxygen atoms in total. The lowest BCUT2D eigenvalue weighted by atomic mass is 9.89. The molecule has 1 aliphatic rings. The molecule has 29 heavy (non-hydrogen) atoms. The third kappa shape index (κ3) is 5.70. The molecule has 0 saturated carbocycles. The van der Waals surface area contributed by atoms with Crippen molar-refractivity contribution >= 4 is 46.7 Å². The van der Waals surface area contributed by atoms with Crippen LogP contribution in [0.1, 0.15) is 24.3 Å². The van der Waals surface area contributed by atoms with Crippen molar-refractivity contribution in [3.8, 4) is 0 Å². The van der Waals surface area contributed by atoms with Gasteiger partial charge in [0, 0.05) is 30.9 Å². The minimum atomic E-state index is -3.61. The minimum Gasteiger partial charge on any atom is -0.298 e. The van der Waals surface area contributed by atoms with Crippen LogP contribution in [0.3, 0.4) is 0 Å². The molecule has 0 aromatic heterocycles. The summed E-state index contributed by atoms with van der Waals surface area (Å²) in [5, 5.41) is 0. The van der Waals surface area contributed by atoms with Gasteiger partial charge in [0.15, 0.2) is 0 Å². The van der Waals surface area contributed by atoms with Gasteiger partial charge in [0.25, 0.3) is 10.0 Å². The summed E-state index contributed by atoms with van der Waals surface area (Å²) in [5.74, 6) is 0.486. The van der Waals surface area contributed by atoms with Crippen LogP contribution in [0.4, 0.5) is 11.4 Å². The maximum absolute atomic E-state index is 12.7. The average molecular weight is 453 g/mol. The molecule has 1 aliphatic heterocycles. The molecule has 0 spiro atoms. The van der Waals surface area contributed by atoms with E-state index in [0.717, 1.165) is 31.6 Å². The molecule has 1 N–H and O–H groups in total. The number of anilines is 1. The summed E-state index contributed by atoms with van der Waals surface area (Å²) in [7, 11) is 2.52. The number of sulfonamides is 1. The summed E-state index contributed by atoms with van der Waals surface area (Å²) in [6, 6.07) is 14.8. The molecule has 8 heteroatoms. The zero-order valence-corrected chi connectivity index (χ0v) is 19.7. The normalized spacial score (nSPS) is 16.9. The zero-order chi connectivity index (χ0) is 21.2. The lowest BCUT2D eigenvalue weighted by Crippen LogP contribution is -2.35. The summed E-state index contributed by atoms with van der Waals surface area (Å²) in [5.41, 5.74) is 2.86. The third-order valence-electron chi connectivity index (χ3n) is 5.41. The van der Waals surface area contributed by atoms with Gasteiger partial charge in [-0.3, -0.25) is 14.1 Å². The van der Waals surface area contributed by atoms with Crippen LogP contribution in [0, 0.1) is 0 Å². The van der Waals surface area contributed by atoms with E-state index in [1.807, 2.05) is 57.5 Å². The highest BCUT2D eigenvalue weighted by atomic mass is 32.2. The van der Waals surface area contributed by atoms with Gasteiger partial charge in [-0.25, -0.2) is 8.42 Å². The summed E-state index contributed by atoms with van der Waals surface area (Å²) in [6.45, 7) is 1.94. The first-order chi connectivity index (χ1) is 13.6. The molecule has 158 valence electrons. The molecule has 2 aromatic carbocycles. The van der Waals surface area contributed by atoms with Crippen LogP contribution < -0.4 is 9.21 Å². The van der Waals surface area contributed by atoms with E-state index in [1.165, 1.54) is 5.56 Å². The summed E-state index contributed by atoms with van der Waals surface area (Å²) >= 11 is 8.77. The molecule has 1 fully saturated rings. The Labute approximate surface area is 185 Å². The molecule has 0 atom stereocenters. The number of quaternary nitrogens is 1. The first-order valence-corrected chi connectivity index (χ1v) is 12.2. The topological polar surface area (TPSA) is 49.4 Å². The van der Waals surface area contributed by atoms with Crippen molar-refractivity contribution in [2.45, 2.75) is 28.4 Å². The van der Waals surface area contributed by atoms with Crippen LogP contribution in [0.25, 0.3) is 0 Å². The molecule has 1 saturated heterocycles. The van der Waals surface area contributed by atoms with Gasteiger partial charge < -0.3 is 0 Å². The number of nitrogens with zero attached hydrogens (tertiary/aromatic N) is 2. The molecular weight excluding hydrogens is 422 g/mol. The standard InChI is InChI=1S/C21H29N3O2S3/c1-24(2,3)19-8-10-20(11-9-19)29(25,26)22-18-6-4-16(5-7-18)17-12-14-23(15-13-17)21(27)28/h4-11,17,21-22H,12-15H2,1-3H3,(H-,27,28)/p+1. The molecule has 2 aromatic rings. The quantitative estimate of drug-likeness (QED) is 0.353. The van der Waals surface area contributed by atoms with Crippen LogP contribution >= 0.6 is 25.3 Å². The van der Waals surface area contributed by atoms with Crippen molar-refractivity contribution in [3.05, 3.63) is 54.1 Å². The highest BCUT2D eigenvalue weighted by Crippen LogP contribution is 2.31. The van der Waals surface area contributed by atoms with E-state index in [1.54, 1.807) is 12.1 Å². The highest BCUT2D eigenvalue weighted by Gasteiger charge is 2.23. The van der Waals surface area contributed by atoms with Crippen LogP contribution in [0.2, 0.25) is 0 Å². The number of thiol groups is 2. The van der Waals surface area contributed by atoms with Crippen LogP contribution in [0.15, 0.2) is 53.4 Å². The Hall–Kier alpha value is -1.19. The number of benzene rings is 2. The number of hydrogen-bond donors (Lipinski definition) is 3. The van der Waals surface area contributed by atoms with Crippen molar-refractivity contribution in [2.24, 2.45) is 0 Å². The van der Waals surface area contributed by atoms with Crippen molar-refractivity contribution in [3.63, 3.8) is 0 Å². The van der Waals surface area contributed by atoms with E-state index in [4.69, 9.17) is 0 Å². The molecule has 0 amide bonds. The van der Waals surface area contributed by atoms with E-state index < -0.39 is 10.0 Å². The fourth-order valence-electron chi connectivity index (χ4n) is 3.57. The Kier molecular flexibility index (Phi) is 6.90. The van der Waals surface area contributed by atoms with Gasteiger partial charge in [-0.1, -0.05) is 12.1 Å². The van der Waals surface area contributed by atoms with Gasteiger partial charge in [0.1, 0.15) is 5.69 Å². The van der Waals surface area contributed by atoms with E-state index >= 15 is 0 Å². The predicted octanol–water partition coefficient (Wildman–Crippen LogP) is 4.01. The minimum absolute atomic E-state index is 0.0101. The lowest BCUT2D eigenvalue weighted by Gasteiger charge is -2.33. The van der Waals surface area contributed by atoms with E-state index in [0.29, 0.717) is 16.1 Å². The SMILES string of the molecule is C[N+](C)(C)c1ccc(S(=O)(=O)Nc2ccc(C3CCN(C(S)S)CC3)cc2)cc1. The Morgan fingerprint density at radius 3 is 2.00 bits per heavy atom. The number of rotatable bonds is 6. The second-order valence-electron chi connectivity index (χ2n) is 8.39. The maximum Gasteiger partial charge on any atom is 0.261 e. The van der Waals surface area contributed by atoms with Crippen LogP contribution in [-0.2, 0) is 10.0 Å². The van der Waals surface area contributed by atoms with Crippen LogP contribution in [-0.4, -0.2) is 52.3 Å². The molecule has 0 aliphatic carbocycles. The second-order valence-corrected chi connectivity index (χ2v) is 11.5. The van der Waals surface area contributed by atoms with E-state index in [9.17, 15) is 8.42 Å². The fourth-order valence-corrected chi connectivity index (χ4v) is 5.09. The molecule has 3 rings (SSSR count). The Bertz CT molecular complexity index is 913. The first kappa shape index (κ1) is 22.5. The Balaban J connectivity index is 1.66. The van der Waals surface area contributed by atoms with Gasteiger partial charge in [-0.2, -0.15) is 0 Å². The van der Waals surface area contributed by atoms with Crippen molar-refractivity contribution in [1.82, 2.24) is 9.38 Å². The fraction of sp³-hybridized carbons (Fsp3) is 0.429. The van der Waals surface area contributed by atoms with Crippen LogP contribution in [0.5, 0.6) is 0 Å². The smallest absolute Gasteiger partial charge is 0.261 e. The van der Waals surface area contributed by atoms with Crippen molar-refractivity contribution in [2.75, 3.05) is 39.0 Å². The van der Waals surface area contributed by atoms with Gasteiger partial charge in [0.05, 0.1) is 30.7 Å². The highest BCUT2D eigenvalue weighted by molar-refractivity contribution is 7.99. The predicted molar refractivity (Wildman–Crippen MR) is 129 cm³/mol. The summed E-state index contributed by atoms with van der Waals surface area (Å²) in [4.78, 5) is 2.51. The zero-order valence-electron chi connectivity index (χ0n) is 17.1. The van der Waals surface area contributed by atoms with E-state index in [2.05, 4.69) is 34.9 Å². The van der Waals surface area contributed by atoms with Gasteiger partial charge in [-0.15, -0.1) is 25.3 Å². The third-order valence-corrected chi connectivity index (χ3v) is 7.46. The number of nitrogens with one attached hydrogen (secondary N) is 1. The molecule has 0 bridgehead atoms. The Morgan fingerprint density at radius 2 is 1.52 bits per heavy atom. The average Bonchev–Trinajstić information content (AvgIpc) is 2.68. The molecular formula is C21H30N3O2S3+. The number of likely N-dealkylation sites (tertiary alicyclic amines) is 1. The van der Waals surface area contributed by atoms with Gasteiger partial charge >= 0.3 is 0 Å². The summed E-state index contributed by atoms with van der Waals surface area (Å²) < 4.78 is 28.7. The maximum atomic E-state index is 12.7. The molecule has 1 heterocycles. The summed E-state index contributed by atoms with van der Waals surface area (Å²) in [6.07, 6.45) is 2.11. The monoisotopic (exact) mass is 452 g/mol. The lowest BCUT2D eigenvalue weighted by molar-refractivity contribution is 0.235. The Morgan fingerprint density at radius 1 is 0.966 bits per heavy atom. The molecule has 0 radical (unpaired) electrons. The number of piperidine rings is 1. The second kappa shape index (κ2) is 8.89. The van der Waals surface area contributed by atoms with Gasteiger partial charge in [0.2, 0.25) is 0 Å². The largest absolute Gasteiger partial charge is 0.298 e. The van der Waals surface area contributed by atoms with Crippen molar-refractivity contribution < 1.29 is 8.42 Å². The van der Waals surface area contributed by atoms with E-state index in [-0.39, 0.29) is 9.60 Å². The first-order valence-electron chi connectivity index (χ1n) is 9.71. The van der Waals surface area contributed by atoms with Gasteiger partial charge in [-0.05, 0) is 48.6 Å².